The van der Waals surface area contributed by atoms with Crippen LogP contribution in [0.3, 0.4) is 0 Å². The smallest absolute Gasteiger partial charge is 0.326 e. The highest BCUT2D eigenvalue weighted by Gasteiger charge is 2.27. The summed E-state index contributed by atoms with van der Waals surface area (Å²) in [7, 11) is 0. The zero-order valence-corrected chi connectivity index (χ0v) is 19.7. The van der Waals surface area contributed by atoms with Gasteiger partial charge in [-0.25, -0.2) is 4.79 Å². The summed E-state index contributed by atoms with van der Waals surface area (Å²) in [5, 5.41) is 26.3. The van der Waals surface area contributed by atoms with Crippen molar-refractivity contribution in [1.82, 2.24) is 20.9 Å². The number of aromatic amines is 1. The summed E-state index contributed by atoms with van der Waals surface area (Å²) in [6, 6.07) is 3.61. The fourth-order valence-electron chi connectivity index (χ4n) is 3.56. The Kier molecular flexibility index (Phi) is 10.8. The van der Waals surface area contributed by atoms with Crippen LogP contribution in [0.2, 0.25) is 0 Å². The Morgan fingerprint density at radius 3 is 2.36 bits per heavy atom. The quantitative estimate of drug-likeness (QED) is 0.136. The van der Waals surface area contributed by atoms with Crippen molar-refractivity contribution >= 4 is 40.6 Å². The maximum Gasteiger partial charge on any atom is 0.326 e. The number of fused-ring (bicyclic) bond motifs is 1. The fourth-order valence-corrected chi connectivity index (χ4v) is 3.56. The molecule has 3 unspecified atom stereocenters. The molecule has 1 heterocycles. The van der Waals surface area contributed by atoms with E-state index in [0.29, 0.717) is 31.4 Å². The molecule has 10 N–H and O–H groups in total. The van der Waals surface area contributed by atoms with Gasteiger partial charge in [0.1, 0.15) is 12.1 Å². The highest BCUT2D eigenvalue weighted by atomic mass is 16.4. The summed E-state index contributed by atoms with van der Waals surface area (Å²) in [6.45, 7) is -0.185. The zero-order valence-electron chi connectivity index (χ0n) is 19.7. The van der Waals surface area contributed by atoms with Gasteiger partial charge in [-0.15, -0.1) is 0 Å². The van der Waals surface area contributed by atoms with Gasteiger partial charge in [0.05, 0.1) is 19.0 Å². The number of nitrogens with two attached hydrogens (primary N) is 2. The summed E-state index contributed by atoms with van der Waals surface area (Å²) < 4.78 is 0. The molecule has 13 heteroatoms. The van der Waals surface area contributed by atoms with E-state index in [-0.39, 0.29) is 6.42 Å². The van der Waals surface area contributed by atoms with Crippen LogP contribution in [-0.2, 0) is 30.4 Å². The Morgan fingerprint density at radius 2 is 1.69 bits per heavy atom. The van der Waals surface area contributed by atoms with Crippen molar-refractivity contribution in [2.24, 2.45) is 11.5 Å². The highest BCUT2D eigenvalue weighted by Crippen LogP contribution is 2.19. The first kappa shape index (κ1) is 28.3. The number of hydrogen-bond acceptors (Lipinski definition) is 7. The molecule has 0 fully saturated rings. The molecule has 2 aromatic rings. The van der Waals surface area contributed by atoms with Crippen molar-refractivity contribution in [3.05, 3.63) is 36.0 Å². The lowest BCUT2D eigenvalue weighted by molar-refractivity contribution is -0.142. The molecule has 36 heavy (non-hydrogen) atoms. The van der Waals surface area contributed by atoms with Crippen LogP contribution in [0.1, 0.15) is 31.2 Å². The number of aliphatic carboxylic acids is 2. The number of carbonyl (C=O) groups is 5. The normalized spacial score (nSPS) is 13.4. The first-order chi connectivity index (χ1) is 17.1. The molecule has 13 nitrogen and oxygen atoms in total. The first-order valence-corrected chi connectivity index (χ1v) is 11.4. The van der Waals surface area contributed by atoms with Crippen molar-refractivity contribution in [2.75, 3.05) is 13.1 Å². The van der Waals surface area contributed by atoms with Crippen LogP contribution < -0.4 is 27.4 Å². The SMILES string of the molecule is NCCCCC(N)C(=O)NC(CC(=O)O)C(=O)NCC(=O)NC(Cc1c[nH]c2ccccc12)C(=O)O. The third kappa shape index (κ3) is 8.67. The van der Waals surface area contributed by atoms with E-state index in [9.17, 15) is 29.1 Å². The number of carbonyl (C=O) groups excluding carboxylic acids is 3. The average molecular weight is 505 g/mol. The Labute approximate surface area is 207 Å². The van der Waals surface area contributed by atoms with E-state index >= 15 is 0 Å². The largest absolute Gasteiger partial charge is 0.481 e. The molecule has 2 rings (SSSR count). The Hall–Kier alpha value is -3.97. The third-order valence-electron chi connectivity index (χ3n) is 5.47. The van der Waals surface area contributed by atoms with Gasteiger partial charge in [0, 0.05) is 23.5 Å². The molecule has 3 amide bonds. The van der Waals surface area contributed by atoms with E-state index < -0.39 is 60.8 Å². The first-order valence-electron chi connectivity index (χ1n) is 11.4. The number of H-pyrrole nitrogens is 1. The molecule has 0 saturated heterocycles. The van der Waals surface area contributed by atoms with Gasteiger partial charge in [-0.1, -0.05) is 24.6 Å². The van der Waals surface area contributed by atoms with Crippen LogP contribution >= 0.6 is 0 Å². The van der Waals surface area contributed by atoms with Crippen LogP contribution in [0, 0.1) is 0 Å². The van der Waals surface area contributed by atoms with Gasteiger partial charge >= 0.3 is 11.9 Å². The van der Waals surface area contributed by atoms with Gasteiger partial charge in [-0.3, -0.25) is 19.2 Å². The maximum absolute atomic E-state index is 12.5. The van der Waals surface area contributed by atoms with E-state index in [1.807, 2.05) is 24.3 Å². The van der Waals surface area contributed by atoms with Crippen LogP contribution in [0.5, 0.6) is 0 Å². The topological polar surface area (TPSA) is 230 Å². The lowest BCUT2D eigenvalue weighted by Gasteiger charge is -2.20. The molecule has 196 valence electrons. The van der Waals surface area contributed by atoms with Crippen molar-refractivity contribution in [3.8, 4) is 0 Å². The second kappa shape index (κ2) is 13.8. The second-order valence-electron chi connectivity index (χ2n) is 8.29. The van der Waals surface area contributed by atoms with Gasteiger partial charge in [-0.05, 0) is 31.0 Å². The number of nitrogens with one attached hydrogen (secondary N) is 4. The van der Waals surface area contributed by atoms with Crippen molar-refractivity contribution in [3.63, 3.8) is 0 Å². The standard InChI is InChI=1S/C23H32N6O7/c24-8-4-3-6-15(25)21(33)29-17(10-20(31)32)22(34)27-12-19(30)28-18(23(35)36)9-13-11-26-16-7-2-1-5-14(13)16/h1-2,5,7,11,15,17-18,26H,3-4,6,8-10,12,24-25H2,(H,27,34)(H,28,30)(H,29,33)(H,31,32)(H,35,36). The Morgan fingerprint density at radius 1 is 0.972 bits per heavy atom. The highest BCUT2D eigenvalue weighted by molar-refractivity contribution is 5.94. The number of amides is 3. The maximum atomic E-state index is 12.5. The molecule has 0 saturated carbocycles. The van der Waals surface area contributed by atoms with Gasteiger partial charge in [0.25, 0.3) is 0 Å². The minimum Gasteiger partial charge on any atom is -0.481 e. The molecular weight excluding hydrogens is 472 g/mol. The lowest BCUT2D eigenvalue weighted by atomic mass is 10.0. The van der Waals surface area contributed by atoms with Crippen molar-refractivity contribution in [2.45, 2.75) is 50.2 Å². The predicted molar refractivity (Wildman–Crippen MR) is 130 cm³/mol. The van der Waals surface area contributed by atoms with E-state index in [0.717, 1.165) is 10.9 Å². The third-order valence-corrected chi connectivity index (χ3v) is 5.47. The number of rotatable bonds is 15. The number of unbranched alkanes of at least 4 members (excludes halogenated alkanes) is 1. The predicted octanol–water partition coefficient (Wildman–Crippen LogP) is -1.19. The molecule has 3 atom stereocenters. The van der Waals surface area contributed by atoms with Crippen molar-refractivity contribution < 1.29 is 34.2 Å². The number of hydrogen-bond donors (Lipinski definition) is 8. The van der Waals surface area contributed by atoms with E-state index in [1.54, 1.807) is 6.20 Å². The molecule has 0 radical (unpaired) electrons. The monoisotopic (exact) mass is 504 g/mol. The van der Waals surface area contributed by atoms with Gasteiger partial charge in [-0.2, -0.15) is 0 Å². The van der Waals surface area contributed by atoms with Crippen LogP contribution in [0.25, 0.3) is 10.9 Å². The summed E-state index contributed by atoms with van der Waals surface area (Å²) >= 11 is 0. The zero-order chi connectivity index (χ0) is 26.7. The molecule has 0 spiro atoms. The number of para-hydroxylation sites is 1. The summed E-state index contributed by atoms with van der Waals surface area (Å²) in [5.41, 5.74) is 12.7. The molecule has 0 aliphatic heterocycles. The number of aromatic nitrogens is 1. The van der Waals surface area contributed by atoms with Crippen LogP contribution in [0.4, 0.5) is 0 Å². The molecular formula is C23H32N6O7. The van der Waals surface area contributed by atoms with E-state index in [1.165, 1.54) is 0 Å². The van der Waals surface area contributed by atoms with Gasteiger partial charge in [0.2, 0.25) is 17.7 Å². The summed E-state index contributed by atoms with van der Waals surface area (Å²) in [5.74, 6) is -5.03. The lowest BCUT2D eigenvalue weighted by Crippen LogP contribution is -2.54. The van der Waals surface area contributed by atoms with E-state index in [2.05, 4.69) is 20.9 Å². The fraction of sp³-hybridized carbons (Fsp3) is 0.435. The summed E-state index contributed by atoms with van der Waals surface area (Å²) in [4.78, 5) is 63.0. The van der Waals surface area contributed by atoms with Gasteiger partial charge in [0.15, 0.2) is 0 Å². The summed E-state index contributed by atoms with van der Waals surface area (Å²) in [6.07, 6.45) is 2.48. The minimum atomic E-state index is -1.47. The average Bonchev–Trinajstić information content (AvgIpc) is 3.24. The van der Waals surface area contributed by atoms with Crippen LogP contribution in [-0.4, -0.2) is 76.1 Å². The number of carboxylic acids is 2. The van der Waals surface area contributed by atoms with Crippen LogP contribution in [0.15, 0.2) is 30.5 Å². The second-order valence-corrected chi connectivity index (χ2v) is 8.29. The minimum absolute atomic E-state index is 0.00122. The Balaban J connectivity index is 1.93. The van der Waals surface area contributed by atoms with Crippen molar-refractivity contribution in [1.29, 1.82) is 0 Å². The molecule has 0 bridgehead atoms. The number of carboxylic acid groups (broad SMARTS) is 2. The molecule has 0 aliphatic rings. The van der Waals surface area contributed by atoms with E-state index in [4.69, 9.17) is 16.6 Å². The molecule has 1 aromatic heterocycles. The number of benzene rings is 1. The van der Waals surface area contributed by atoms with Gasteiger partial charge < -0.3 is 42.6 Å². The Bertz CT molecular complexity index is 1090. The molecule has 0 aliphatic carbocycles. The molecule has 1 aromatic carbocycles.